The molecule has 1 aromatic carbocycles. The number of carbonyl (C=O) groups is 4. The van der Waals surface area contributed by atoms with E-state index in [1.807, 2.05) is 0 Å². The topological polar surface area (TPSA) is 263 Å². The highest BCUT2D eigenvalue weighted by atomic mass is 32.3. The first-order valence-corrected chi connectivity index (χ1v) is 17.7. The van der Waals surface area contributed by atoms with Crippen molar-refractivity contribution in [2.24, 2.45) is 11.7 Å². The number of rotatable bonds is 19. The second kappa shape index (κ2) is 18.4. The molecule has 6 atom stereocenters. The first kappa shape index (κ1) is 40.2. The number of hydrogen-bond acceptors (Lipinski definition) is 13. The normalized spacial score (nSPS) is 17.1. The Morgan fingerprint density at radius 2 is 1.51 bits per heavy atom. The number of nitrogens with one attached hydrogen (secondary N) is 1. The molecule has 1 aromatic rings. The van der Waals surface area contributed by atoms with Crippen LogP contribution in [0.1, 0.15) is 39.2 Å². The molecule has 1 rings (SSSR count). The molecule has 0 bridgehead atoms. The van der Waals surface area contributed by atoms with Crippen LogP contribution in [0, 0.1) is 5.92 Å². The van der Waals surface area contributed by atoms with Crippen LogP contribution in [-0.2, 0) is 71.8 Å². The Morgan fingerprint density at radius 1 is 1.00 bits per heavy atom. The average molecular weight is 701 g/mol. The van der Waals surface area contributed by atoms with Crippen LogP contribution in [0.3, 0.4) is 0 Å². The van der Waals surface area contributed by atoms with Gasteiger partial charge < -0.3 is 39.5 Å². The number of benzene rings is 1. The fourth-order valence-electron chi connectivity index (χ4n) is 4.10. The van der Waals surface area contributed by atoms with Crippen molar-refractivity contribution in [1.29, 1.82) is 0 Å². The zero-order chi connectivity index (χ0) is 34.5. The summed E-state index contributed by atoms with van der Waals surface area (Å²) >= 11 is -6.34. The standard InChI is InChI=1S/C26H40N2O14S3/c1-16(29)23(25(33)42-21(14-40-17(2)30)15-41-18(3)31)28-24(32)20(12-19-8-6-5-7-9-19)13-26(43(34)35,44(36)37)22(27)10-11-45(4,38)39/h5-9,16,20-23,29H,10-15,27H2,1-4H3,(H,28,32)(H,34,35)(H,36,37). The molecule has 16 nitrogen and oxygen atoms in total. The molecule has 0 aromatic heterocycles. The lowest BCUT2D eigenvalue weighted by Gasteiger charge is -2.35. The van der Waals surface area contributed by atoms with Gasteiger partial charge in [0.25, 0.3) is 0 Å². The second-order valence-corrected chi connectivity index (χ2v) is 15.3. The Kier molecular flexibility index (Phi) is 16.4. The molecule has 0 spiro atoms. The predicted octanol–water partition coefficient (Wildman–Crippen LogP) is -0.959. The number of carbonyl (C=O) groups excluding carboxylic acids is 4. The molecular weight excluding hydrogens is 660 g/mol. The van der Waals surface area contributed by atoms with E-state index in [4.69, 9.17) is 19.9 Å². The van der Waals surface area contributed by atoms with Crippen LogP contribution in [0.5, 0.6) is 0 Å². The third kappa shape index (κ3) is 13.6. The van der Waals surface area contributed by atoms with Gasteiger partial charge in [-0.05, 0) is 31.7 Å². The van der Waals surface area contributed by atoms with Crippen LogP contribution in [-0.4, -0.2) is 108 Å². The summed E-state index contributed by atoms with van der Waals surface area (Å²) in [7, 11) is -3.64. The summed E-state index contributed by atoms with van der Waals surface area (Å²) in [5.41, 5.74) is 6.57. The number of esters is 3. The molecule has 45 heavy (non-hydrogen) atoms. The highest BCUT2D eigenvalue weighted by molar-refractivity contribution is 7.99. The van der Waals surface area contributed by atoms with Gasteiger partial charge in [-0.25, -0.2) is 21.6 Å². The van der Waals surface area contributed by atoms with Gasteiger partial charge in [0, 0.05) is 32.1 Å². The van der Waals surface area contributed by atoms with Crippen LogP contribution >= 0.6 is 0 Å². The van der Waals surface area contributed by atoms with E-state index in [0.29, 0.717) is 5.56 Å². The zero-order valence-corrected chi connectivity index (χ0v) is 27.6. The van der Waals surface area contributed by atoms with Crippen molar-refractivity contribution in [3.63, 3.8) is 0 Å². The Balaban J connectivity index is 3.45. The summed E-state index contributed by atoms with van der Waals surface area (Å²) in [5, 5.41) is 12.6. The van der Waals surface area contributed by atoms with Crippen molar-refractivity contribution < 1.29 is 64.4 Å². The van der Waals surface area contributed by atoms with Gasteiger partial charge in [0.2, 0.25) is 5.91 Å². The number of hydrogen-bond donors (Lipinski definition) is 5. The molecule has 0 aliphatic heterocycles. The van der Waals surface area contributed by atoms with Crippen LogP contribution in [0.15, 0.2) is 30.3 Å². The molecule has 6 N–H and O–H groups in total. The molecule has 0 heterocycles. The monoisotopic (exact) mass is 700 g/mol. The lowest BCUT2D eigenvalue weighted by atomic mass is 9.90. The highest BCUT2D eigenvalue weighted by Crippen LogP contribution is 2.33. The molecule has 0 saturated carbocycles. The van der Waals surface area contributed by atoms with E-state index in [2.05, 4.69) is 5.32 Å². The van der Waals surface area contributed by atoms with Crippen molar-refractivity contribution in [3.05, 3.63) is 35.9 Å². The van der Waals surface area contributed by atoms with Crippen molar-refractivity contribution in [2.45, 2.75) is 68.4 Å². The van der Waals surface area contributed by atoms with Gasteiger partial charge in [-0.3, -0.25) is 14.4 Å². The Hall–Kier alpha value is -2.81. The summed E-state index contributed by atoms with van der Waals surface area (Å²) in [6.45, 7) is 2.27. The molecule has 1 amide bonds. The summed E-state index contributed by atoms with van der Waals surface area (Å²) < 4.78 is 81.5. The number of aliphatic hydroxyl groups is 1. The number of ether oxygens (including phenoxy) is 3. The maximum Gasteiger partial charge on any atom is 0.331 e. The first-order valence-electron chi connectivity index (χ1n) is 13.4. The predicted molar refractivity (Wildman–Crippen MR) is 162 cm³/mol. The Bertz CT molecular complexity index is 1290. The van der Waals surface area contributed by atoms with Crippen LogP contribution in [0.4, 0.5) is 0 Å². The number of amides is 1. The van der Waals surface area contributed by atoms with Crippen molar-refractivity contribution >= 4 is 55.8 Å². The lowest BCUT2D eigenvalue weighted by molar-refractivity contribution is -0.169. The van der Waals surface area contributed by atoms with Gasteiger partial charge in [0.15, 0.2) is 38.4 Å². The average Bonchev–Trinajstić information content (AvgIpc) is 2.93. The molecular formula is C26H40N2O14S3. The first-order chi connectivity index (χ1) is 20.8. The van der Waals surface area contributed by atoms with Crippen LogP contribution < -0.4 is 11.1 Å². The van der Waals surface area contributed by atoms with Gasteiger partial charge in [-0.2, -0.15) is 0 Å². The Labute approximate surface area is 266 Å². The van der Waals surface area contributed by atoms with Crippen molar-refractivity contribution in [3.8, 4) is 0 Å². The van der Waals surface area contributed by atoms with E-state index in [1.54, 1.807) is 30.3 Å². The van der Waals surface area contributed by atoms with E-state index >= 15 is 0 Å². The summed E-state index contributed by atoms with van der Waals surface area (Å²) in [6.07, 6.45) is -3.55. The molecule has 0 radical (unpaired) electrons. The maximum absolute atomic E-state index is 13.7. The minimum absolute atomic E-state index is 0.204. The van der Waals surface area contributed by atoms with Gasteiger partial charge in [-0.1, -0.05) is 30.3 Å². The number of sulfone groups is 1. The minimum Gasteiger partial charge on any atom is -0.462 e. The SMILES string of the molecule is CC(=O)OCC(COC(C)=O)OC(=O)C(NC(=O)C(Cc1ccccc1)CC(C(N)CCS(C)(=O)=O)(S(=O)O)S(=O)O)C(C)O. The van der Waals surface area contributed by atoms with Gasteiger partial charge in [0.1, 0.15) is 23.1 Å². The molecule has 0 aliphatic carbocycles. The van der Waals surface area contributed by atoms with Crippen molar-refractivity contribution in [2.75, 3.05) is 25.2 Å². The van der Waals surface area contributed by atoms with Gasteiger partial charge >= 0.3 is 17.9 Å². The Morgan fingerprint density at radius 3 is 1.93 bits per heavy atom. The summed E-state index contributed by atoms with van der Waals surface area (Å²) in [5.74, 6) is -5.73. The molecule has 0 saturated heterocycles. The minimum atomic E-state index is -3.64. The van der Waals surface area contributed by atoms with Crippen molar-refractivity contribution in [1.82, 2.24) is 5.32 Å². The smallest absolute Gasteiger partial charge is 0.331 e. The van der Waals surface area contributed by atoms with E-state index < -0.39 is 122 Å². The molecule has 256 valence electrons. The third-order valence-corrected chi connectivity index (χ3v) is 10.4. The van der Waals surface area contributed by atoms with Gasteiger partial charge in [-0.15, -0.1) is 0 Å². The second-order valence-electron chi connectivity index (χ2n) is 10.3. The summed E-state index contributed by atoms with van der Waals surface area (Å²) in [4.78, 5) is 49.2. The van der Waals surface area contributed by atoms with Gasteiger partial charge in [0.05, 0.1) is 11.9 Å². The highest BCUT2D eigenvalue weighted by Gasteiger charge is 2.51. The fourth-order valence-corrected chi connectivity index (χ4v) is 6.71. The third-order valence-electron chi connectivity index (χ3n) is 6.44. The number of nitrogens with two attached hydrogens (primary N) is 1. The summed E-state index contributed by atoms with van der Waals surface area (Å²) in [6, 6.07) is 4.71. The maximum atomic E-state index is 13.7. The fraction of sp³-hybridized carbons (Fsp3) is 0.615. The van der Waals surface area contributed by atoms with E-state index in [-0.39, 0.29) is 6.42 Å². The van der Waals surface area contributed by atoms with Crippen LogP contribution in [0.25, 0.3) is 0 Å². The zero-order valence-electron chi connectivity index (χ0n) is 25.2. The lowest BCUT2D eigenvalue weighted by Crippen LogP contribution is -2.58. The van der Waals surface area contributed by atoms with Crippen LogP contribution in [0.2, 0.25) is 0 Å². The van der Waals surface area contributed by atoms with E-state index in [0.717, 1.165) is 27.0 Å². The molecule has 6 unspecified atom stereocenters. The number of aliphatic hydroxyl groups excluding tert-OH is 1. The van der Waals surface area contributed by atoms with E-state index in [9.17, 15) is 50.2 Å². The largest absolute Gasteiger partial charge is 0.462 e. The molecule has 0 aliphatic rings. The molecule has 0 fully saturated rings. The molecule has 19 heteroatoms. The quantitative estimate of drug-likeness (QED) is 0.0661. The van der Waals surface area contributed by atoms with E-state index in [1.165, 1.54) is 0 Å².